The van der Waals surface area contributed by atoms with E-state index in [4.69, 9.17) is 56.8 Å². The molecule has 674 valence electrons. The summed E-state index contributed by atoms with van der Waals surface area (Å²) in [6, 6.07) is -2.98. The predicted octanol–water partition coefficient (Wildman–Crippen LogP) is 2.61. The minimum Gasteiger partial charge on any atom is -0.394 e. The van der Waals surface area contributed by atoms with Crippen molar-refractivity contribution in [1.82, 2.24) is 10.6 Å². The van der Waals surface area contributed by atoms with Crippen molar-refractivity contribution in [2.45, 2.75) is 462 Å². The highest BCUT2D eigenvalue weighted by Crippen LogP contribution is 2.39. The summed E-state index contributed by atoms with van der Waals surface area (Å²) in [6.45, 7) is 3.59. The Labute approximate surface area is 680 Å². The Morgan fingerprint density at radius 3 is 1.17 bits per heavy atom. The highest BCUT2D eigenvalue weighted by atomic mass is 16.8. The van der Waals surface area contributed by atoms with Crippen LogP contribution in [0.1, 0.15) is 266 Å². The molecule has 6 rings (SSSR count). The molecule has 0 saturated carbocycles. The second kappa shape index (κ2) is 55.6. The second-order valence-corrected chi connectivity index (χ2v) is 32.7. The largest absolute Gasteiger partial charge is 0.394 e. The van der Waals surface area contributed by atoms with E-state index in [1.165, 1.54) is 174 Å². The number of carbonyl (C=O) groups excluding carboxylic acids is 2. The van der Waals surface area contributed by atoms with Gasteiger partial charge in [0.05, 0.1) is 57.4 Å². The van der Waals surface area contributed by atoms with Crippen LogP contribution < -0.4 is 10.6 Å². The van der Waals surface area contributed by atoms with E-state index in [2.05, 4.69) is 24.5 Å². The summed E-state index contributed by atoms with van der Waals surface area (Å²) in [5.41, 5.74) is 0. The van der Waals surface area contributed by atoms with Crippen LogP contribution in [0.2, 0.25) is 0 Å². The standard InChI is InChI=1S/C82H150N2O31/c1-6-8-10-12-14-16-18-20-21-22-23-24-25-26-27-28-29-31-33-35-37-39-41-43-58(91)84-52(53(90)42-40-38-36-34-32-30-19-17-15-13-11-9-7-2)48-104-78-70(102)67(99)72(56(46-87)110-78)111-81-71(103)75(63(95)55(45-86)107-81)114-77-59(83-51(5)89)74(73(57(47-88)109-77)112-79-68(100)64(96)60(92)49(3)105-79)113-82-76(66(98)62(94)54(44-85)108-82)115-80-69(101)65(97)61(93)50(4)106-80/h40,42,49-50,52-57,59-82,85-88,90,92-103H,6-39,41,43-48H2,1-5H3,(H,83,89)(H,84,91)/b42-40+/t49?,50?,52-,53+,54?,55?,56?,57?,59?,60+,61+,62-,63-,64?,65?,66-,67+,68-,69-,70?,71?,72+,73+,74+,75-,76?,77-,78+,79+,80+,81-,82-/m0/s1. The lowest BCUT2D eigenvalue weighted by Crippen LogP contribution is -2.71. The third kappa shape index (κ3) is 32.6. The predicted molar refractivity (Wildman–Crippen MR) is 416 cm³/mol. The van der Waals surface area contributed by atoms with Gasteiger partial charge in [0.15, 0.2) is 37.7 Å². The average Bonchev–Trinajstić information content (AvgIpc) is 0.760. The Morgan fingerprint density at radius 1 is 0.357 bits per heavy atom. The van der Waals surface area contributed by atoms with Crippen LogP contribution in [0.4, 0.5) is 0 Å². The molecular formula is C82H150N2O31. The first-order valence-corrected chi connectivity index (χ1v) is 43.7. The molecule has 0 aliphatic carbocycles. The molecule has 0 radical (unpaired) electrons. The van der Waals surface area contributed by atoms with Gasteiger partial charge in [-0.05, 0) is 33.1 Å². The van der Waals surface area contributed by atoms with Gasteiger partial charge in [0.2, 0.25) is 11.8 Å². The number of hydrogen-bond acceptors (Lipinski definition) is 31. The van der Waals surface area contributed by atoms with Gasteiger partial charge in [-0.1, -0.05) is 231 Å². The molecule has 0 aromatic carbocycles. The molecular weight excluding hydrogens is 1510 g/mol. The number of ether oxygens (including phenoxy) is 12. The van der Waals surface area contributed by atoms with Crippen molar-refractivity contribution < 1.29 is 153 Å². The normalized spacial score (nSPS) is 36.6. The summed E-state index contributed by atoms with van der Waals surface area (Å²) in [4.78, 5) is 27.1. The van der Waals surface area contributed by atoms with Crippen molar-refractivity contribution in [3.05, 3.63) is 12.2 Å². The smallest absolute Gasteiger partial charge is 0.220 e. The molecule has 32 atom stereocenters. The Bertz CT molecular complexity index is 2580. The van der Waals surface area contributed by atoms with Crippen molar-refractivity contribution >= 4 is 11.8 Å². The number of aliphatic hydroxyl groups is 17. The molecule has 6 aliphatic heterocycles. The van der Waals surface area contributed by atoms with E-state index in [9.17, 15) is 96.4 Å². The van der Waals surface area contributed by atoms with Crippen LogP contribution in [-0.2, 0) is 66.4 Å². The zero-order chi connectivity index (χ0) is 83.9. The maximum atomic E-state index is 13.6. The number of aliphatic hydroxyl groups excluding tert-OH is 17. The number of hydrogen-bond donors (Lipinski definition) is 19. The van der Waals surface area contributed by atoms with Crippen LogP contribution in [0.3, 0.4) is 0 Å². The van der Waals surface area contributed by atoms with Gasteiger partial charge in [0.25, 0.3) is 0 Å². The van der Waals surface area contributed by atoms with Crippen molar-refractivity contribution in [3.63, 3.8) is 0 Å². The zero-order valence-corrected chi connectivity index (χ0v) is 68.9. The van der Waals surface area contributed by atoms with E-state index in [-0.39, 0.29) is 12.3 Å². The van der Waals surface area contributed by atoms with E-state index in [0.29, 0.717) is 12.8 Å². The van der Waals surface area contributed by atoms with Gasteiger partial charge in [-0.2, -0.15) is 0 Å². The van der Waals surface area contributed by atoms with Gasteiger partial charge in [-0.25, -0.2) is 0 Å². The number of carbonyl (C=O) groups is 2. The van der Waals surface area contributed by atoms with Crippen molar-refractivity contribution in [3.8, 4) is 0 Å². The molecule has 6 heterocycles. The third-order valence-electron chi connectivity index (χ3n) is 23.2. The van der Waals surface area contributed by atoms with E-state index >= 15 is 0 Å². The fourth-order valence-electron chi connectivity index (χ4n) is 16.0. The molecule has 19 N–H and O–H groups in total. The molecule has 0 spiro atoms. The SMILES string of the molecule is CCCCCCCCCCCCC/C=C/[C@@H](O)[C@H](CO[C@@H]1OC(CO)[C@@H](O[C@@H]2OC(CO)[C@H](O)[C@H](O[C@@H]3OC(CO)[C@@H](O[C@H]4OC(C)[C@@H](O)C(O)[C@@H]4O)[C@H](O[C@@H]4OC(CO)[C@H](O)[C@H](O)C4O[C@H]4OC(C)[C@@H](O)C(O)[C@@H]4O)C3NC(C)=O)C2O)[C@H](O)C1O)NC(=O)CCCCCCCCCCCCCCCCCCCCCCCCC. The molecule has 6 fully saturated rings. The molecule has 0 bridgehead atoms. The van der Waals surface area contributed by atoms with Crippen LogP contribution >= 0.6 is 0 Å². The highest BCUT2D eigenvalue weighted by Gasteiger charge is 2.59. The maximum Gasteiger partial charge on any atom is 0.220 e. The van der Waals surface area contributed by atoms with Gasteiger partial charge in [-0.15, -0.1) is 0 Å². The number of nitrogens with one attached hydrogen (secondary N) is 2. The van der Waals surface area contributed by atoms with Crippen LogP contribution in [0.15, 0.2) is 12.2 Å². The molecule has 0 aromatic rings. The number of rotatable bonds is 57. The Kier molecular flexibility index (Phi) is 49.0. The lowest BCUT2D eigenvalue weighted by molar-refractivity contribution is -0.400. The molecule has 6 saturated heterocycles. The Morgan fingerprint density at radius 2 is 0.713 bits per heavy atom. The van der Waals surface area contributed by atoms with Crippen LogP contribution in [0, 0.1) is 0 Å². The first kappa shape index (κ1) is 101. The van der Waals surface area contributed by atoms with Gasteiger partial charge in [-0.3, -0.25) is 9.59 Å². The molecule has 0 aromatic heterocycles. The molecule has 6 aliphatic rings. The van der Waals surface area contributed by atoms with Gasteiger partial charge in [0, 0.05) is 13.3 Å². The van der Waals surface area contributed by atoms with E-state index < -0.39 is 235 Å². The molecule has 33 heteroatoms. The van der Waals surface area contributed by atoms with Gasteiger partial charge < -0.3 is 154 Å². The number of allylic oxidation sites excluding steroid dienone is 1. The van der Waals surface area contributed by atoms with Crippen LogP contribution in [-0.4, -0.2) is 328 Å². The fourth-order valence-corrected chi connectivity index (χ4v) is 16.0. The van der Waals surface area contributed by atoms with Crippen molar-refractivity contribution in [2.75, 3.05) is 33.0 Å². The quantitative estimate of drug-likeness (QED) is 0.0307. The minimum absolute atomic E-state index is 0.173. The first-order chi connectivity index (χ1) is 55.3. The van der Waals surface area contributed by atoms with Gasteiger partial charge in [0.1, 0.15) is 134 Å². The summed E-state index contributed by atoms with van der Waals surface area (Å²) in [7, 11) is 0. The summed E-state index contributed by atoms with van der Waals surface area (Å²) >= 11 is 0. The van der Waals surface area contributed by atoms with Crippen molar-refractivity contribution in [2.24, 2.45) is 0 Å². The minimum atomic E-state index is -2.25. The fraction of sp³-hybridized carbons (Fsp3) is 0.951. The van der Waals surface area contributed by atoms with E-state index in [0.717, 1.165) is 58.3 Å². The first-order valence-electron chi connectivity index (χ1n) is 43.7. The number of unbranched alkanes of at least 4 members (excludes halogenated alkanes) is 33. The Balaban J connectivity index is 1.10. The number of amides is 2. The maximum absolute atomic E-state index is 13.6. The molecule has 33 nitrogen and oxygen atoms in total. The van der Waals surface area contributed by atoms with E-state index in [1.807, 2.05) is 6.08 Å². The topological polar surface area (TPSA) is 513 Å². The lowest BCUT2D eigenvalue weighted by Gasteiger charge is -2.52. The highest BCUT2D eigenvalue weighted by molar-refractivity contribution is 5.76. The lowest BCUT2D eigenvalue weighted by atomic mass is 9.93. The van der Waals surface area contributed by atoms with E-state index in [1.54, 1.807) is 6.08 Å². The van der Waals surface area contributed by atoms with Crippen LogP contribution in [0.5, 0.6) is 0 Å². The summed E-state index contributed by atoms with van der Waals surface area (Å²) < 4.78 is 72.6. The molecule has 2 amide bonds. The van der Waals surface area contributed by atoms with Gasteiger partial charge >= 0.3 is 0 Å². The van der Waals surface area contributed by atoms with Crippen LogP contribution in [0.25, 0.3) is 0 Å². The Hall–Kier alpha value is -2.48. The molecule has 12 unspecified atom stereocenters. The van der Waals surface area contributed by atoms with Crippen molar-refractivity contribution in [1.29, 1.82) is 0 Å². The monoisotopic (exact) mass is 1660 g/mol. The average molecular weight is 1660 g/mol. The zero-order valence-electron chi connectivity index (χ0n) is 68.9. The third-order valence-corrected chi connectivity index (χ3v) is 23.2. The second-order valence-electron chi connectivity index (χ2n) is 32.7. The molecule has 115 heavy (non-hydrogen) atoms. The summed E-state index contributed by atoms with van der Waals surface area (Å²) in [6.07, 6.45) is -10.4. The summed E-state index contributed by atoms with van der Waals surface area (Å²) in [5.74, 6) is -1.25. The summed E-state index contributed by atoms with van der Waals surface area (Å²) in [5, 5.41) is 196.